The van der Waals surface area contributed by atoms with Crippen molar-refractivity contribution in [2.24, 2.45) is 0 Å². The lowest BCUT2D eigenvalue weighted by Gasteiger charge is -2.10. The molecule has 7 nitrogen and oxygen atoms in total. The van der Waals surface area contributed by atoms with Crippen LogP contribution in [0.2, 0.25) is 0 Å². The van der Waals surface area contributed by atoms with E-state index in [1.807, 2.05) is 19.1 Å². The highest BCUT2D eigenvalue weighted by Gasteiger charge is 2.30. The molecule has 0 aliphatic carbocycles. The van der Waals surface area contributed by atoms with Crippen LogP contribution in [-0.2, 0) is 17.4 Å². The number of aromatic nitrogens is 3. The lowest BCUT2D eigenvalue weighted by Crippen LogP contribution is -2.30. The second kappa shape index (κ2) is 9.88. The topological polar surface area (TPSA) is 91.8 Å². The van der Waals surface area contributed by atoms with Crippen molar-refractivity contribution in [3.63, 3.8) is 0 Å². The van der Waals surface area contributed by atoms with Gasteiger partial charge < -0.3 is 16.0 Å². The van der Waals surface area contributed by atoms with E-state index >= 15 is 0 Å². The van der Waals surface area contributed by atoms with Crippen molar-refractivity contribution in [2.75, 3.05) is 23.7 Å². The number of benzene rings is 1. The molecule has 0 atom stereocenters. The van der Waals surface area contributed by atoms with E-state index in [2.05, 4.69) is 31.1 Å². The van der Waals surface area contributed by atoms with Gasteiger partial charge in [-0.25, -0.2) is 4.98 Å². The van der Waals surface area contributed by atoms with Gasteiger partial charge in [0.15, 0.2) is 5.82 Å². The number of nitrogens with zero attached hydrogens (tertiary/aromatic N) is 3. The molecule has 3 aromatic rings. The summed E-state index contributed by atoms with van der Waals surface area (Å²) in [5.41, 5.74) is 0.588. The predicted molar refractivity (Wildman–Crippen MR) is 111 cm³/mol. The van der Waals surface area contributed by atoms with Gasteiger partial charge in [-0.2, -0.15) is 13.2 Å². The van der Waals surface area contributed by atoms with Gasteiger partial charge in [-0.3, -0.25) is 4.79 Å². The van der Waals surface area contributed by atoms with Crippen molar-refractivity contribution in [1.82, 2.24) is 20.5 Å². The van der Waals surface area contributed by atoms with E-state index in [-0.39, 0.29) is 18.9 Å². The molecule has 10 heteroatoms. The van der Waals surface area contributed by atoms with E-state index in [0.717, 1.165) is 17.7 Å². The minimum atomic E-state index is -4.43. The molecule has 3 N–H and O–H groups in total. The quantitative estimate of drug-likeness (QED) is 0.472. The Morgan fingerprint density at radius 2 is 1.71 bits per heavy atom. The van der Waals surface area contributed by atoms with Crippen LogP contribution in [-0.4, -0.2) is 34.2 Å². The molecule has 1 aromatic carbocycles. The van der Waals surface area contributed by atoms with Crippen molar-refractivity contribution < 1.29 is 18.0 Å². The summed E-state index contributed by atoms with van der Waals surface area (Å²) in [6, 6.07) is 12.0. The zero-order valence-electron chi connectivity index (χ0n) is 16.7. The highest BCUT2D eigenvalue weighted by molar-refractivity contribution is 5.78. The molecule has 1 amide bonds. The van der Waals surface area contributed by atoms with Crippen molar-refractivity contribution in [3.05, 3.63) is 71.4 Å². The average molecular weight is 430 g/mol. The molecule has 162 valence electrons. The Morgan fingerprint density at radius 3 is 2.39 bits per heavy atom. The van der Waals surface area contributed by atoms with Crippen LogP contribution >= 0.6 is 0 Å². The molecule has 0 bridgehead atoms. The fourth-order valence-corrected chi connectivity index (χ4v) is 2.66. The Labute approximate surface area is 177 Å². The van der Waals surface area contributed by atoms with Gasteiger partial charge in [-0.05, 0) is 42.3 Å². The molecule has 0 aliphatic heterocycles. The number of hydrogen-bond acceptors (Lipinski definition) is 6. The van der Waals surface area contributed by atoms with E-state index in [1.165, 1.54) is 12.1 Å². The summed E-state index contributed by atoms with van der Waals surface area (Å²) in [6.07, 6.45) is -2.82. The third-order valence-corrected chi connectivity index (χ3v) is 4.20. The summed E-state index contributed by atoms with van der Waals surface area (Å²) in [4.78, 5) is 16.2. The minimum Gasteiger partial charge on any atom is -0.367 e. The van der Waals surface area contributed by atoms with Crippen LogP contribution < -0.4 is 16.0 Å². The predicted octanol–water partition coefficient (Wildman–Crippen LogP) is 3.71. The zero-order valence-corrected chi connectivity index (χ0v) is 16.7. The summed E-state index contributed by atoms with van der Waals surface area (Å²) < 4.78 is 38.2. The molecule has 0 aliphatic rings. The number of carbonyl (C=O) groups excluding carboxylic acids is 1. The van der Waals surface area contributed by atoms with Gasteiger partial charge in [0, 0.05) is 19.3 Å². The molecule has 0 saturated carbocycles. The van der Waals surface area contributed by atoms with Crippen LogP contribution in [0, 0.1) is 6.92 Å². The third-order valence-electron chi connectivity index (χ3n) is 4.20. The maximum absolute atomic E-state index is 12.7. The van der Waals surface area contributed by atoms with Gasteiger partial charge in [-0.1, -0.05) is 24.3 Å². The van der Waals surface area contributed by atoms with E-state index < -0.39 is 11.7 Å². The number of amides is 1. The Kier molecular flexibility index (Phi) is 7.01. The second-order valence-electron chi connectivity index (χ2n) is 6.80. The average Bonchev–Trinajstić information content (AvgIpc) is 2.74. The number of carbonyl (C=O) groups is 1. The number of aryl methyl sites for hydroxylation is 1. The van der Waals surface area contributed by atoms with Gasteiger partial charge in [0.2, 0.25) is 5.91 Å². The second-order valence-corrected chi connectivity index (χ2v) is 6.80. The number of hydrogen-bond donors (Lipinski definition) is 3. The SMILES string of the molecule is Cc1ccc(Nc2ccc(NCCNC(=O)Cc3cccc(C(F)(F)F)c3)nn2)nc1. The number of pyridine rings is 1. The maximum Gasteiger partial charge on any atom is 0.416 e. The summed E-state index contributed by atoms with van der Waals surface area (Å²) in [7, 11) is 0. The maximum atomic E-state index is 12.7. The van der Waals surface area contributed by atoms with E-state index in [0.29, 0.717) is 29.6 Å². The molecule has 0 saturated heterocycles. The van der Waals surface area contributed by atoms with E-state index in [4.69, 9.17) is 0 Å². The van der Waals surface area contributed by atoms with Crippen LogP contribution in [0.3, 0.4) is 0 Å². The van der Waals surface area contributed by atoms with E-state index in [9.17, 15) is 18.0 Å². The van der Waals surface area contributed by atoms with Crippen LogP contribution in [0.15, 0.2) is 54.7 Å². The first kappa shape index (κ1) is 22.0. The lowest BCUT2D eigenvalue weighted by molar-refractivity contribution is -0.137. The van der Waals surface area contributed by atoms with Crippen molar-refractivity contribution >= 4 is 23.4 Å². The first-order chi connectivity index (χ1) is 14.8. The largest absolute Gasteiger partial charge is 0.416 e. The molecule has 2 aromatic heterocycles. The molecule has 31 heavy (non-hydrogen) atoms. The molecule has 0 unspecified atom stereocenters. The van der Waals surface area contributed by atoms with Gasteiger partial charge in [0.25, 0.3) is 0 Å². The van der Waals surface area contributed by atoms with Crippen LogP contribution in [0.4, 0.5) is 30.6 Å². The summed E-state index contributed by atoms with van der Waals surface area (Å²) >= 11 is 0. The standard InChI is InChI=1S/C21H21F3N6O/c1-14-5-6-17(27-13-14)28-19-8-7-18(29-30-19)25-9-10-26-20(31)12-15-3-2-4-16(11-15)21(22,23)24/h2-8,11,13H,9-10,12H2,1H3,(H,25,29)(H,26,31)(H,27,28,30). The van der Waals surface area contributed by atoms with Crippen molar-refractivity contribution in [2.45, 2.75) is 19.5 Å². The first-order valence-corrected chi connectivity index (χ1v) is 9.50. The van der Waals surface area contributed by atoms with Crippen molar-refractivity contribution in [3.8, 4) is 0 Å². The zero-order chi connectivity index (χ0) is 22.3. The molecular weight excluding hydrogens is 409 g/mol. The first-order valence-electron chi connectivity index (χ1n) is 9.50. The molecule has 3 rings (SSSR count). The molecule has 0 spiro atoms. The lowest BCUT2D eigenvalue weighted by atomic mass is 10.1. The third kappa shape index (κ3) is 6.95. The van der Waals surface area contributed by atoms with Gasteiger partial charge >= 0.3 is 6.18 Å². The number of alkyl halides is 3. The number of halogens is 3. The molecule has 2 heterocycles. The fourth-order valence-electron chi connectivity index (χ4n) is 2.66. The smallest absolute Gasteiger partial charge is 0.367 e. The summed E-state index contributed by atoms with van der Waals surface area (Å²) in [5, 5.41) is 16.8. The summed E-state index contributed by atoms with van der Waals surface area (Å²) in [5.74, 6) is 1.35. The van der Waals surface area contributed by atoms with Gasteiger partial charge in [-0.15, -0.1) is 10.2 Å². The van der Waals surface area contributed by atoms with E-state index in [1.54, 1.807) is 18.3 Å². The Morgan fingerprint density at radius 1 is 0.968 bits per heavy atom. The highest BCUT2D eigenvalue weighted by Crippen LogP contribution is 2.29. The van der Waals surface area contributed by atoms with Gasteiger partial charge in [0.1, 0.15) is 11.6 Å². The molecular formula is C21H21F3N6O. The van der Waals surface area contributed by atoms with Crippen molar-refractivity contribution in [1.29, 1.82) is 0 Å². The minimum absolute atomic E-state index is 0.128. The number of rotatable bonds is 8. The fraction of sp³-hybridized carbons (Fsp3) is 0.238. The Hall–Kier alpha value is -3.69. The monoisotopic (exact) mass is 430 g/mol. The van der Waals surface area contributed by atoms with Crippen LogP contribution in [0.1, 0.15) is 16.7 Å². The molecule has 0 radical (unpaired) electrons. The number of nitrogens with one attached hydrogen (secondary N) is 3. The van der Waals surface area contributed by atoms with Crippen LogP contribution in [0.5, 0.6) is 0 Å². The number of anilines is 3. The summed E-state index contributed by atoms with van der Waals surface area (Å²) in [6.45, 7) is 2.62. The highest BCUT2D eigenvalue weighted by atomic mass is 19.4. The van der Waals surface area contributed by atoms with Gasteiger partial charge in [0.05, 0.1) is 12.0 Å². The molecule has 0 fully saturated rings. The Bertz CT molecular complexity index is 1010. The normalized spacial score (nSPS) is 11.1. The Balaban J connectivity index is 1.40. The van der Waals surface area contributed by atoms with Crippen LogP contribution in [0.25, 0.3) is 0 Å².